The average molecular weight is 332 g/mol. The fourth-order valence-corrected chi connectivity index (χ4v) is 4.29. The Kier molecular flexibility index (Phi) is 6.41. The average Bonchev–Trinajstić information content (AvgIpc) is 2.56. The second-order valence-electron chi connectivity index (χ2n) is 4.36. The summed E-state index contributed by atoms with van der Waals surface area (Å²) in [7, 11) is -1.20. The Morgan fingerprint density at radius 3 is 2.23 bits per heavy atom. The topological polar surface area (TPSA) is 78.9 Å². The van der Waals surface area contributed by atoms with Gasteiger partial charge in [0.2, 0.25) is 5.16 Å². The molecule has 0 aliphatic rings. The number of benzene rings is 1. The lowest BCUT2D eigenvalue weighted by atomic mass is 9.91. The molecule has 1 aromatic rings. The standard InChI is InChI=1S/C14H18FO6P/c1-19-13(17)14(12(15)9-10-16,22(18,20-2)21-3)11-7-5-4-6-8-11/h4-8,10,12H,9H2,1-3H3. The third-order valence-corrected chi connectivity index (χ3v) is 5.93. The maximum absolute atomic E-state index is 14.9. The molecule has 0 aliphatic carbocycles. The second kappa shape index (κ2) is 7.63. The summed E-state index contributed by atoms with van der Waals surface area (Å²) in [6.07, 6.45) is -2.52. The van der Waals surface area contributed by atoms with Gasteiger partial charge in [-0.25, -0.2) is 4.39 Å². The fourth-order valence-electron chi connectivity index (χ4n) is 2.33. The van der Waals surface area contributed by atoms with Crippen molar-refractivity contribution in [3.05, 3.63) is 35.9 Å². The summed E-state index contributed by atoms with van der Waals surface area (Å²) in [6.45, 7) is 0. The summed E-state index contributed by atoms with van der Waals surface area (Å²) >= 11 is 0. The Hall–Kier alpha value is -1.56. The molecule has 22 heavy (non-hydrogen) atoms. The van der Waals surface area contributed by atoms with Crippen LogP contribution < -0.4 is 0 Å². The van der Waals surface area contributed by atoms with Gasteiger partial charge in [-0.1, -0.05) is 30.3 Å². The van der Waals surface area contributed by atoms with Gasteiger partial charge in [-0.15, -0.1) is 0 Å². The second-order valence-corrected chi connectivity index (χ2v) is 6.79. The van der Waals surface area contributed by atoms with Crippen molar-refractivity contribution in [2.24, 2.45) is 0 Å². The van der Waals surface area contributed by atoms with Crippen molar-refractivity contribution in [3.8, 4) is 0 Å². The van der Waals surface area contributed by atoms with E-state index in [-0.39, 0.29) is 5.56 Å². The lowest BCUT2D eigenvalue weighted by Gasteiger charge is -2.37. The molecule has 2 atom stereocenters. The Morgan fingerprint density at radius 1 is 1.27 bits per heavy atom. The number of hydrogen-bond acceptors (Lipinski definition) is 6. The highest BCUT2D eigenvalue weighted by Gasteiger charge is 2.64. The van der Waals surface area contributed by atoms with Gasteiger partial charge in [-0.3, -0.25) is 9.36 Å². The molecule has 8 heteroatoms. The summed E-state index contributed by atoms with van der Waals surface area (Å²) in [4.78, 5) is 23.1. The molecule has 0 heterocycles. The molecule has 0 amide bonds. The van der Waals surface area contributed by atoms with Crippen LogP contribution in [0.2, 0.25) is 0 Å². The molecule has 0 saturated heterocycles. The number of esters is 1. The molecule has 0 N–H and O–H groups in total. The number of aldehydes is 1. The zero-order valence-corrected chi connectivity index (χ0v) is 13.4. The third kappa shape index (κ3) is 2.84. The van der Waals surface area contributed by atoms with Crippen LogP contribution in [0.15, 0.2) is 30.3 Å². The first-order chi connectivity index (χ1) is 10.4. The molecule has 6 nitrogen and oxygen atoms in total. The van der Waals surface area contributed by atoms with Crippen LogP contribution in [-0.2, 0) is 33.1 Å². The van der Waals surface area contributed by atoms with E-state index in [1.165, 1.54) is 24.3 Å². The van der Waals surface area contributed by atoms with Crippen LogP contribution in [0, 0.1) is 0 Å². The quantitative estimate of drug-likeness (QED) is 0.413. The first-order valence-electron chi connectivity index (χ1n) is 6.37. The van der Waals surface area contributed by atoms with Crippen molar-refractivity contribution >= 4 is 19.9 Å². The van der Waals surface area contributed by atoms with Gasteiger partial charge in [0.1, 0.15) is 12.5 Å². The minimum absolute atomic E-state index is 0.0447. The maximum atomic E-state index is 14.9. The summed E-state index contributed by atoms with van der Waals surface area (Å²) in [5.74, 6) is -1.14. The van der Waals surface area contributed by atoms with E-state index in [0.29, 0.717) is 6.29 Å². The van der Waals surface area contributed by atoms with Crippen LogP contribution in [0.25, 0.3) is 0 Å². The largest absolute Gasteiger partial charge is 0.468 e. The van der Waals surface area contributed by atoms with Gasteiger partial charge >= 0.3 is 13.6 Å². The maximum Gasteiger partial charge on any atom is 0.354 e. The molecule has 0 saturated carbocycles. The molecule has 0 aromatic heterocycles. The van der Waals surface area contributed by atoms with Crippen molar-refractivity contribution in [1.82, 2.24) is 0 Å². The zero-order chi connectivity index (χ0) is 16.8. The van der Waals surface area contributed by atoms with Gasteiger partial charge in [0.25, 0.3) is 0 Å². The van der Waals surface area contributed by atoms with Crippen LogP contribution in [0.3, 0.4) is 0 Å². The number of hydrogen-bond donors (Lipinski definition) is 0. The van der Waals surface area contributed by atoms with E-state index in [2.05, 4.69) is 4.74 Å². The third-order valence-electron chi connectivity index (χ3n) is 3.38. The molecule has 122 valence electrons. The van der Waals surface area contributed by atoms with E-state index < -0.39 is 31.3 Å². The van der Waals surface area contributed by atoms with E-state index >= 15 is 0 Å². The van der Waals surface area contributed by atoms with E-state index in [1.807, 2.05) is 0 Å². The number of carbonyl (C=O) groups excluding carboxylic acids is 2. The molecule has 0 bridgehead atoms. The Bertz CT molecular complexity index is 556. The smallest absolute Gasteiger partial charge is 0.354 e. The highest BCUT2D eigenvalue weighted by Crippen LogP contribution is 2.67. The zero-order valence-electron chi connectivity index (χ0n) is 12.5. The number of methoxy groups -OCH3 is 1. The van der Waals surface area contributed by atoms with Gasteiger partial charge in [-0.2, -0.15) is 0 Å². The number of carbonyl (C=O) groups is 2. The van der Waals surface area contributed by atoms with Crippen molar-refractivity contribution in [1.29, 1.82) is 0 Å². The Labute approximate surface area is 128 Å². The first-order valence-corrected chi connectivity index (χ1v) is 7.92. The van der Waals surface area contributed by atoms with Crippen molar-refractivity contribution < 1.29 is 32.3 Å². The summed E-state index contributed by atoms with van der Waals surface area (Å²) in [6, 6.07) is 7.52. The molecule has 0 radical (unpaired) electrons. The highest BCUT2D eigenvalue weighted by atomic mass is 31.2. The number of rotatable bonds is 8. The molecular weight excluding hydrogens is 314 g/mol. The SMILES string of the molecule is COC(=O)C(c1ccccc1)(C(F)CC=O)P(=O)(OC)OC. The van der Waals surface area contributed by atoms with Crippen LogP contribution >= 0.6 is 7.60 Å². The first kappa shape index (κ1) is 18.5. The minimum Gasteiger partial charge on any atom is -0.468 e. The van der Waals surface area contributed by atoms with E-state index in [0.717, 1.165) is 21.3 Å². The highest BCUT2D eigenvalue weighted by molar-refractivity contribution is 7.56. The van der Waals surface area contributed by atoms with Crippen molar-refractivity contribution in [3.63, 3.8) is 0 Å². The number of halogens is 1. The van der Waals surface area contributed by atoms with Crippen LogP contribution in [-0.4, -0.2) is 39.8 Å². The lowest BCUT2D eigenvalue weighted by Crippen LogP contribution is -2.46. The molecule has 1 aromatic carbocycles. The predicted molar refractivity (Wildman–Crippen MR) is 77.3 cm³/mol. The van der Waals surface area contributed by atoms with Crippen LogP contribution in [0.5, 0.6) is 0 Å². The predicted octanol–water partition coefficient (Wildman–Crippen LogP) is 2.47. The number of ether oxygens (including phenoxy) is 1. The molecular formula is C14H18FO6P. The van der Waals surface area contributed by atoms with Gasteiger partial charge in [0, 0.05) is 20.6 Å². The van der Waals surface area contributed by atoms with Gasteiger partial charge in [-0.05, 0) is 5.56 Å². The fraction of sp³-hybridized carbons (Fsp3) is 0.429. The lowest BCUT2D eigenvalue weighted by molar-refractivity contribution is -0.147. The molecule has 0 spiro atoms. The molecule has 1 rings (SSSR count). The van der Waals surface area contributed by atoms with E-state index in [9.17, 15) is 18.5 Å². The Morgan fingerprint density at radius 2 is 1.82 bits per heavy atom. The van der Waals surface area contributed by atoms with Crippen molar-refractivity contribution in [2.45, 2.75) is 17.7 Å². The molecule has 0 aliphatic heterocycles. The molecule has 2 unspecified atom stereocenters. The number of alkyl halides is 1. The molecule has 0 fully saturated rings. The van der Waals surface area contributed by atoms with Crippen LogP contribution in [0.4, 0.5) is 4.39 Å². The van der Waals surface area contributed by atoms with E-state index in [1.54, 1.807) is 6.07 Å². The van der Waals surface area contributed by atoms with E-state index in [4.69, 9.17) is 9.05 Å². The van der Waals surface area contributed by atoms with Gasteiger partial charge in [0.15, 0.2) is 0 Å². The van der Waals surface area contributed by atoms with Gasteiger partial charge in [0.05, 0.1) is 7.11 Å². The normalized spacial score (nSPS) is 15.6. The van der Waals surface area contributed by atoms with Crippen molar-refractivity contribution in [2.75, 3.05) is 21.3 Å². The summed E-state index contributed by atoms with van der Waals surface area (Å²) < 4.78 is 42.2. The minimum atomic E-state index is -4.31. The van der Waals surface area contributed by atoms with Gasteiger partial charge < -0.3 is 18.6 Å². The van der Waals surface area contributed by atoms with Crippen LogP contribution in [0.1, 0.15) is 12.0 Å². The Balaban J connectivity index is 3.76. The monoisotopic (exact) mass is 332 g/mol. The summed E-state index contributed by atoms with van der Waals surface area (Å²) in [5, 5.41) is -2.38. The summed E-state index contributed by atoms with van der Waals surface area (Å²) in [5.41, 5.74) is 0.0447.